The first-order valence-electron chi connectivity index (χ1n) is 17.1. The molecule has 11 heteroatoms. The number of oxazole rings is 2. The number of hydrogen-bond donors (Lipinski definition) is 1. The molecule has 1 saturated heterocycles. The van der Waals surface area contributed by atoms with E-state index in [1.165, 1.54) is 0 Å². The fourth-order valence-corrected chi connectivity index (χ4v) is 7.07. The average molecular weight is 673 g/mol. The summed E-state index contributed by atoms with van der Waals surface area (Å²) in [4.78, 5) is 39.8. The molecule has 1 fully saturated rings. The molecule has 0 saturated carbocycles. The van der Waals surface area contributed by atoms with Gasteiger partial charge in [-0.1, -0.05) is 31.2 Å². The Morgan fingerprint density at radius 2 is 1.60 bits per heavy atom. The first-order valence-corrected chi connectivity index (χ1v) is 17.1. The molecule has 4 heterocycles. The third kappa shape index (κ3) is 6.28. The van der Waals surface area contributed by atoms with Crippen molar-refractivity contribution in [1.29, 1.82) is 5.26 Å². The largest absolute Gasteiger partial charge is 0.481 e. The first-order chi connectivity index (χ1) is 24.1. The number of nitrogens with zero attached hydrogens (tertiary/aromatic N) is 6. The van der Waals surface area contributed by atoms with Gasteiger partial charge in [0, 0.05) is 17.7 Å². The number of fused-ring (bicyclic) bond motifs is 2. The number of benzene rings is 3. The van der Waals surface area contributed by atoms with E-state index in [4.69, 9.17) is 18.8 Å². The summed E-state index contributed by atoms with van der Waals surface area (Å²) in [6.45, 7) is 10.2. The lowest BCUT2D eigenvalue weighted by atomic mass is 9.91. The zero-order valence-electron chi connectivity index (χ0n) is 28.8. The molecule has 0 unspecified atom stereocenters. The van der Waals surface area contributed by atoms with Gasteiger partial charge in [0.1, 0.15) is 23.0 Å². The number of aliphatic carboxylic acids is 1. The molecule has 2 aliphatic heterocycles. The van der Waals surface area contributed by atoms with E-state index in [0.717, 1.165) is 56.9 Å². The molecule has 3 aromatic carbocycles. The van der Waals surface area contributed by atoms with Gasteiger partial charge in [-0.2, -0.15) is 5.26 Å². The number of likely N-dealkylation sites (N-methyl/N-ethyl adjacent to an activating group) is 1. The summed E-state index contributed by atoms with van der Waals surface area (Å²) in [6.07, 6.45) is 1.24. The van der Waals surface area contributed by atoms with Crippen molar-refractivity contribution < 1.29 is 23.5 Å². The van der Waals surface area contributed by atoms with Gasteiger partial charge in [-0.3, -0.25) is 19.4 Å². The van der Waals surface area contributed by atoms with Gasteiger partial charge in [-0.15, -0.1) is 0 Å². The van der Waals surface area contributed by atoms with Gasteiger partial charge in [-0.05, 0) is 105 Å². The Labute approximate surface area is 290 Å². The quantitative estimate of drug-likeness (QED) is 0.187. The average Bonchev–Trinajstić information content (AvgIpc) is 3.82. The van der Waals surface area contributed by atoms with E-state index < -0.39 is 5.97 Å². The smallest absolute Gasteiger partial charge is 0.306 e. The Balaban J connectivity index is 1.14. The highest BCUT2D eigenvalue weighted by Crippen LogP contribution is 2.39. The van der Waals surface area contributed by atoms with Gasteiger partial charge in [-0.25, -0.2) is 9.97 Å². The van der Waals surface area contributed by atoms with Gasteiger partial charge in [0.2, 0.25) is 17.7 Å². The van der Waals surface area contributed by atoms with Gasteiger partial charge in [0.15, 0.2) is 5.58 Å². The molecule has 1 N–H and O–H groups in total. The molecule has 2 aromatic heterocycles. The van der Waals surface area contributed by atoms with Crippen LogP contribution in [-0.4, -0.2) is 74.9 Å². The van der Waals surface area contributed by atoms with E-state index in [0.29, 0.717) is 80.6 Å². The highest BCUT2D eigenvalue weighted by atomic mass is 16.4. The van der Waals surface area contributed by atoms with Crippen LogP contribution >= 0.6 is 0 Å². The number of carboxylic acid groups (broad SMARTS) is 1. The van der Waals surface area contributed by atoms with Gasteiger partial charge < -0.3 is 18.8 Å². The van der Waals surface area contributed by atoms with Crippen LogP contribution in [-0.2, 0) is 29.2 Å². The molecular weight excluding hydrogens is 632 g/mol. The molecule has 0 bridgehead atoms. The monoisotopic (exact) mass is 672 g/mol. The number of amides is 1. The number of carbonyl (C=O) groups is 2. The van der Waals surface area contributed by atoms with Crippen LogP contribution < -0.4 is 0 Å². The van der Waals surface area contributed by atoms with Crippen molar-refractivity contribution in [1.82, 2.24) is 24.7 Å². The van der Waals surface area contributed by atoms with Crippen LogP contribution in [0.25, 0.3) is 45.1 Å². The van der Waals surface area contributed by atoms with Gasteiger partial charge in [0.05, 0.1) is 31.1 Å². The third-order valence-electron chi connectivity index (χ3n) is 10.2. The standard InChI is InChI=1S/C39H40N6O5/c1-5-43(4)22-35(46)45-20-33-34(21-45)49-37(42-33)30-10-6-8-28(23(30)2)29-9-7-11-31(24(29)3)38-41-32-17-25(16-27(18-40)36(32)50-38)19-44-14-12-26(13-15-44)39(47)48/h6-11,16-17,26H,5,12-15,19-22H2,1-4H3,(H,47,48). The lowest BCUT2D eigenvalue weighted by molar-refractivity contribution is -0.143. The molecule has 7 rings (SSSR count). The lowest BCUT2D eigenvalue weighted by Crippen LogP contribution is -2.35. The summed E-state index contributed by atoms with van der Waals surface area (Å²) in [7, 11) is 1.93. The van der Waals surface area contributed by atoms with Crippen molar-refractivity contribution in [3.8, 4) is 40.1 Å². The Morgan fingerprint density at radius 1 is 0.960 bits per heavy atom. The second-order valence-corrected chi connectivity index (χ2v) is 13.4. The van der Waals surface area contributed by atoms with Crippen molar-refractivity contribution in [2.24, 2.45) is 5.92 Å². The Morgan fingerprint density at radius 3 is 2.20 bits per heavy atom. The second-order valence-electron chi connectivity index (χ2n) is 13.4. The van der Waals surface area contributed by atoms with Crippen LogP contribution in [0.5, 0.6) is 0 Å². The predicted octanol–water partition coefficient (Wildman–Crippen LogP) is 6.40. The molecule has 0 spiro atoms. The van der Waals surface area contributed by atoms with Crippen molar-refractivity contribution in [2.75, 3.05) is 33.2 Å². The summed E-state index contributed by atoms with van der Waals surface area (Å²) in [5.74, 6) is 0.760. The van der Waals surface area contributed by atoms with Crippen LogP contribution in [0.1, 0.15) is 53.5 Å². The van der Waals surface area contributed by atoms with E-state index in [2.05, 4.69) is 30.0 Å². The fourth-order valence-electron chi connectivity index (χ4n) is 7.07. The minimum atomic E-state index is -0.731. The first kappa shape index (κ1) is 33.2. The Bertz CT molecular complexity index is 2130. The highest BCUT2D eigenvalue weighted by molar-refractivity contribution is 5.85. The molecule has 1 amide bonds. The fraction of sp³-hybridized carbons (Fsp3) is 0.359. The minimum absolute atomic E-state index is 0.0653. The number of piperidine rings is 1. The summed E-state index contributed by atoms with van der Waals surface area (Å²) in [5, 5.41) is 19.4. The summed E-state index contributed by atoms with van der Waals surface area (Å²) in [5.41, 5.74) is 9.02. The second kappa shape index (κ2) is 13.5. The molecule has 11 nitrogen and oxygen atoms in total. The number of rotatable bonds is 9. The van der Waals surface area contributed by atoms with E-state index >= 15 is 0 Å². The van der Waals surface area contributed by atoms with Crippen LogP contribution in [0, 0.1) is 31.1 Å². The van der Waals surface area contributed by atoms with Crippen molar-refractivity contribution in [2.45, 2.75) is 53.2 Å². The van der Waals surface area contributed by atoms with Crippen molar-refractivity contribution in [3.63, 3.8) is 0 Å². The normalized spacial score (nSPS) is 15.2. The van der Waals surface area contributed by atoms with Gasteiger partial charge >= 0.3 is 5.97 Å². The zero-order valence-corrected chi connectivity index (χ0v) is 28.8. The number of aromatic nitrogens is 2. The van der Waals surface area contributed by atoms with Crippen LogP contribution in [0.4, 0.5) is 0 Å². The zero-order chi connectivity index (χ0) is 35.1. The number of likely N-dealkylation sites (tertiary alicyclic amines) is 1. The third-order valence-corrected chi connectivity index (χ3v) is 10.2. The summed E-state index contributed by atoms with van der Waals surface area (Å²) in [6, 6.07) is 18.2. The number of hydrogen-bond acceptors (Lipinski definition) is 9. The molecule has 2 aliphatic rings. The molecular formula is C39H40N6O5. The maximum atomic E-state index is 12.7. The molecule has 256 valence electrons. The minimum Gasteiger partial charge on any atom is -0.481 e. The Hall–Kier alpha value is -5.31. The van der Waals surface area contributed by atoms with Crippen LogP contribution in [0.2, 0.25) is 0 Å². The van der Waals surface area contributed by atoms with E-state index in [1.807, 2.05) is 62.2 Å². The predicted molar refractivity (Wildman–Crippen MR) is 188 cm³/mol. The number of nitriles is 1. The van der Waals surface area contributed by atoms with Crippen molar-refractivity contribution in [3.05, 3.63) is 82.2 Å². The van der Waals surface area contributed by atoms with Crippen LogP contribution in [0.3, 0.4) is 0 Å². The van der Waals surface area contributed by atoms with E-state index in [-0.39, 0.29) is 11.8 Å². The molecule has 0 aliphatic carbocycles. The van der Waals surface area contributed by atoms with E-state index in [9.17, 15) is 20.0 Å². The number of carboxylic acids is 1. The topological polar surface area (TPSA) is 140 Å². The highest BCUT2D eigenvalue weighted by Gasteiger charge is 2.30. The maximum Gasteiger partial charge on any atom is 0.306 e. The molecule has 5 aromatic rings. The number of carbonyl (C=O) groups excluding carboxylic acids is 1. The van der Waals surface area contributed by atoms with Crippen LogP contribution in [0.15, 0.2) is 57.4 Å². The SMILES string of the molecule is CCN(C)CC(=O)N1Cc2nc(-c3cccc(-c4cccc(-c5nc6cc(CN7CCC(C(=O)O)CC7)cc(C#N)c6o5)c4C)c3C)oc2C1. The van der Waals surface area contributed by atoms with Crippen molar-refractivity contribution >= 4 is 23.0 Å². The van der Waals surface area contributed by atoms with E-state index in [1.54, 1.807) is 4.90 Å². The maximum absolute atomic E-state index is 12.7. The summed E-state index contributed by atoms with van der Waals surface area (Å²) < 4.78 is 12.5. The molecule has 50 heavy (non-hydrogen) atoms. The Kier molecular flexibility index (Phi) is 8.99. The summed E-state index contributed by atoms with van der Waals surface area (Å²) >= 11 is 0. The molecule has 0 radical (unpaired) electrons. The molecule has 0 atom stereocenters. The lowest BCUT2D eigenvalue weighted by Gasteiger charge is -2.30. The van der Waals surface area contributed by atoms with Gasteiger partial charge in [0.25, 0.3) is 0 Å².